The average Bonchev–Trinajstić information content (AvgIpc) is 2.84. The fourth-order valence-corrected chi connectivity index (χ4v) is 4.84. The summed E-state index contributed by atoms with van der Waals surface area (Å²) >= 11 is 0. The van der Waals surface area contributed by atoms with Gasteiger partial charge >= 0.3 is 6.09 Å². The summed E-state index contributed by atoms with van der Waals surface area (Å²) in [6.45, 7) is 4.28. The van der Waals surface area contributed by atoms with E-state index in [0.717, 1.165) is 16.8 Å². The summed E-state index contributed by atoms with van der Waals surface area (Å²) in [5.74, 6) is -2.64. The topological polar surface area (TPSA) is 71.7 Å². The number of carbonyl (C=O) groups excluding carboxylic acids is 1. The first-order chi connectivity index (χ1) is 15.8. The first-order valence-corrected chi connectivity index (χ1v) is 11.6. The van der Waals surface area contributed by atoms with Crippen molar-refractivity contribution in [1.29, 1.82) is 0 Å². The van der Waals surface area contributed by atoms with Crippen LogP contribution in [0.2, 0.25) is 0 Å². The van der Waals surface area contributed by atoms with Crippen LogP contribution in [0.15, 0.2) is 48.7 Å². The zero-order chi connectivity index (χ0) is 23.5. The van der Waals surface area contributed by atoms with Crippen LogP contribution in [-0.4, -0.2) is 53.0 Å². The number of alkyl halides is 2. The van der Waals surface area contributed by atoms with E-state index in [1.807, 2.05) is 49.4 Å². The SMILES string of the molecule is C[C@H](N)c1ccc(C2(N3CCN(C(=O)OCc4ccccc4)CC3)CCC(F)(F)CC2)nc1. The van der Waals surface area contributed by atoms with E-state index in [-0.39, 0.29) is 31.6 Å². The molecule has 2 heterocycles. The van der Waals surface area contributed by atoms with Gasteiger partial charge in [0.1, 0.15) is 6.61 Å². The number of nitrogens with zero attached hydrogens (tertiary/aromatic N) is 3. The predicted octanol–water partition coefficient (Wildman–Crippen LogP) is 4.46. The molecule has 1 saturated carbocycles. The fourth-order valence-electron chi connectivity index (χ4n) is 4.84. The Morgan fingerprint density at radius 2 is 1.73 bits per heavy atom. The lowest BCUT2D eigenvalue weighted by Crippen LogP contribution is -2.58. The average molecular weight is 459 g/mol. The summed E-state index contributed by atoms with van der Waals surface area (Å²) < 4.78 is 33.6. The van der Waals surface area contributed by atoms with Gasteiger partial charge in [0.15, 0.2) is 0 Å². The van der Waals surface area contributed by atoms with Gasteiger partial charge in [0.2, 0.25) is 5.92 Å². The van der Waals surface area contributed by atoms with Crippen LogP contribution in [0.5, 0.6) is 0 Å². The van der Waals surface area contributed by atoms with E-state index in [1.54, 1.807) is 11.1 Å². The molecule has 8 heteroatoms. The number of nitrogens with two attached hydrogens (primary N) is 1. The number of aromatic nitrogens is 1. The predicted molar refractivity (Wildman–Crippen MR) is 122 cm³/mol. The fraction of sp³-hybridized carbons (Fsp3) is 0.520. The van der Waals surface area contributed by atoms with Gasteiger partial charge in [-0.2, -0.15) is 0 Å². The number of rotatable bonds is 5. The van der Waals surface area contributed by atoms with E-state index in [1.165, 1.54) is 0 Å². The lowest BCUT2D eigenvalue weighted by Gasteiger charge is -2.50. The molecule has 1 saturated heterocycles. The van der Waals surface area contributed by atoms with Crippen LogP contribution >= 0.6 is 0 Å². The third-order valence-corrected chi connectivity index (χ3v) is 6.95. The first-order valence-electron chi connectivity index (χ1n) is 11.6. The standard InChI is InChI=1S/C25H32F2N4O2/c1-19(28)21-7-8-22(29-17-21)24(9-11-25(26,27)12-10-24)31-15-13-30(14-16-31)23(32)33-18-20-5-3-2-4-6-20/h2-8,17,19H,9-16,18,28H2,1H3/t19-/m0/s1. The summed E-state index contributed by atoms with van der Waals surface area (Å²) in [4.78, 5) is 21.1. The Bertz CT molecular complexity index is 919. The van der Waals surface area contributed by atoms with E-state index < -0.39 is 11.5 Å². The lowest BCUT2D eigenvalue weighted by molar-refractivity contribution is -0.0929. The van der Waals surface area contributed by atoms with Crippen molar-refractivity contribution in [3.8, 4) is 0 Å². The van der Waals surface area contributed by atoms with Crippen LogP contribution in [0.3, 0.4) is 0 Å². The molecule has 1 aromatic carbocycles. The van der Waals surface area contributed by atoms with Crippen molar-refractivity contribution in [3.05, 3.63) is 65.5 Å². The van der Waals surface area contributed by atoms with Crippen molar-refractivity contribution in [1.82, 2.24) is 14.8 Å². The monoisotopic (exact) mass is 458 g/mol. The number of hydrogen-bond donors (Lipinski definition) is 1. The number of piperazine rings is 1. The quantitative estimate of drug-likeness (QED) is 0.716. The molecule has 33 heavy (non-hydrogen) atoms. The van der Waals surface area contributed by atoms with Crippen molar-refractivity contribution < 1.29 is 18.3 Å². The molecule has 1 aliphatic heterocycles. The zero-order valence-corrected chi connectivity index (χ0v) is 19.1. The molecule has 2 aliphatic rings. The van der Waals surface area contributed by atoms with Crippen LogP contribution in [0.25, 0.3) is 0 Å². The second kappa shape index (κ2) is 9.73. The van der Waals surface area contributed by atoms with Gasteiger partial charge in [-0.15, -0.1) is 0 Å². The summed E-state index contributed by atoms with van der Waals surface area (Å²) in [5, 5.41) is 0. The number of carbonyl (C=O) groups is 1. The molecule has 1 atom stereocenters. The highest BCUT2D eigenvalue weighted by Crippen LogP contribution is 2.47. The highest BCUT2D eigenvalue weighted by molar-refractivity contribution is 5.67. The van der Waals surface area contributed by atoms with Gasteiger partial charge < -0.3 is 15.4 Å². The van der Waals surface area contributed by atoms with Crippen LogP contribution < -0.4 is 5.73 Å². The van der Waals surface area contributed by atoms with Crippen molar-refractivity contribution in [2.45, 2.75) is 56.7 Å². The van der Waals surface area contributed by atoms with Gasteiger partial charge in [-0.25, -0.2) is 13.6 Å². The second-order valence-electron chi connectivity index (χ2n) is 9.17. The molecule has 1 aliphatic carbocycles. The number of pyridine rings is 1. The lowest BCUT2D eigenvalue weighted by atomic mass is 9.75. The maximum Gasteiger partial charge on any atom is 0.410 e. The molecular formula is C25H32F2N4O2. The normalized spacial score (nSPS) is 21.4. The minimum absolute atomic E-state index is 0.136. The number of benzene rings is 1. The molecule has 4 rings (SSSR count). The Hall–Kier alpha value is -2.58. The molecule has 2 aromatic rings. The molecule has 2 N–H and O–H groups in total. The summed E-state index contributed by atoms with van der Waals surface area (Å²) in [6, 6.07) is 13.3. The molecule has 0 radical (unpaired) electrons. The minimum atomic E-state index is -2.64. The van der Waals surface area contributed by atoms with Gasteiger partial charge in [-0.3, -0.25) is 9.88 Å². The molecule has 1 aromatic heterocycles. The van der Waals surface area contributed by atoms with Crippen molar-refractivity contribution in [2.75, 3.05) is 26.2 Å². The van der Waals surface area contributed by atoms with Gasteiger partial charge in [0, 0.05) is 51.3 Å². The maximum atomic E-state index is 14.1. The second-order valence-corrected chi connectivity index (χ2v) is 9.17. The molecule has 0 spiro atoms. The van der Waals surface area contributed by atoms with Crippen molar-refractivity contribution >= 4 is 6.09 Å². The number of halogens is 2. The first kappa shape index (κ1) is 23.6. The number of ether oxygens (including phenoxy) is 1. The number of hydrogen-bond acceptors (Lipinski definition) is 5. The van der Waals surface area contributed by atoms with Crippen LogP contribution in [0.1, 0.15) is 55.5 Å². The van der Waals surface area contributed by atoms with E-state index in [9.17, 15) is 13.6 Å². The molecule has 178 valence electrons. The molecule has 0 unspecified atom stereocenters. The van der Waals surface area contributed by atoms with E-state index in [4.69, 9.17) is 10.5 Å². The minimum Gasteiger partial charge on any atom is -0.445 e. The van der Waals surface area contributed by atoms with Crippen molar-refractivity contribution in [2.24, 2.45) is 5.73 Å². The Kier molecular flexibility index (Phi) is 6.95. The molecule has 0 bridgehead atoms. The van der Waals surface area contributed by atoms with Crippen LogP contribution in [0.4, 0.5) is 13.6 Å². The number of amides is 1. The Labute approximate surface area is 193 Å². The van der Waals surface area contributed by atoms with Crippen molar-refractivity contribution in [3.63, 3.8) is 0 Å². The Balaban J connectivity index is 1.44. The summed E-state index contributed by atoms with van der Waals surface area (Å²) in [6.07, 6.45) is 1.76. The van der Waals surface area contributed by atoms with Gasteiger partial charge in [-0.1, -0.05) is 36.4 Å². The van der Waals surface area contributed by atoms with E-state index in [2.05, 4.69) is 9.88 Å². The third-order valence-electron chi connectivity index (χ3n) is 6.95. The van der Waals surface area contributed by atoms with Crippen LogP contribution in [-0.2, 0) is 16.9 Å². The highest BCUT2D eigenvalue weighted by Gasteiger charge is 2.49. The highest BCUT2D eigenvalue weighted by atomic mass is 19.3. The van der Waals surface area contributed by atoms with Crippen LogP contribution in [0, 0.1) is 0 Å². The maximum absolute atomic E-state index is 14.1. The van der Waals surface area contributed by atoms with Gasteiger partial charge in [0.05, 0.1) is 11.2 Å². The van der Waals surface area contributed by atoms with E-state index >= 15 is 0 Å². The Morgan fingerprint density at radius 3 is 2.30 bits per heavy atom. The molecular weight excluding hydrogens is 426 g/mol. The third kappa shape index (κ3) is 5.33. The van der Waals surface area contributed by atoms with Gasteiger partial charge in [-0.05, 0) is 37.0 Å². The largest absolute Gasteiger partial charge is 0.445 e. The molecule has 2 fully saturated rings. The summed E-state index contributed by atoms with van der Waals surface area (Å²) in [7, 11) is 0. The van der Waals surface area contributed by atoms with Gasteiger partial charge in [0.25, 0.3) is 0 Å². The molecule has 6 nitrogen and oxygen atoms in total. The molecule has 1 amide bonds. The summed E-state index contributed by atoms with van der Waals surface area (Å²) in [5.41, 5.74) is 8.07. The Morgan fingerprint density at radius 1 is 1.06 bits per heavy atom. The smallest absolute Gasteiger partial charge is 0.410 e. The zero-order valence-electron chi connectivity index (χ0n) is 19.1. The van der Waals surface area contributed by atoms with E-state index in [0.29, 0.717) is 39.0 Å².